The summed E-state index contributed by atoms with van der Waals surface area (Å²) in [4.78, 5) is 0. The van der Waals surface area contributed by atoms with Crippen molar-refractivity contribution in [2.75, 3.05) is 0 Å². The van der Waals surface area contributed by atoms with Crippen LogP contribution < -0.4 is 0 Å². The Morgan fingerprint density at radius 2 is 1.60 bits per heavy atom. The molecule has 0 nitrogen and oxygen atoms in total. The molecule has 0 rings (SSSR count). The number of halogens is 2. The van der Waals surface area contributed by atoms with Crippen molar-refractivity contribution in [3.8, 4) is 0 Å². The van der Waals surface area contributed by atoms with Gasteiger partial charge in [0.15, 0.2) is 0 Å². The van der Waals surface area contributed by atoms with Crippen molar-refractivity contribution in [3.05, 3.63) is 12.7 Å². The molecule has 0 aliphatic rings. The Hall–Kier alpha value is 0.510. The van der Waals surface area contributed by atoms with E-state index in [9.17, 15) is 0 Å². The third-order valence-electron chi connectivity index (χ3n) is 0. The minimum atomic E-state index is 0. The molecule has 0 aromatic rings. The Balaban J connectivity index is -0.0000000200. The van der Waals surface area contributed by atoms with Crippen LogP contribution in [-0.2, 0) is 0 Å². The fourth-order valence-electron chi connectivity index (χ4n) is 0. The van der Waals surface area contributed by atoms with Crippen LogP contribution in [0.25, 0.3) is 0 Å². The summed E-state index contributed by atoms with van der Waals surface area (Å²) >= 11 is 0. The summed E-state index contributed by atoms with van der Waals surface area (Å²) in [6.07, 6.45) is 1.75. The first-order valence-electron chi connectivity index (χ1n) is 0.986. The van der Waals surface area contributed by atoms with Gasteiger partial charge in [0.25, 0.3) is 0 Å². The predicted molar refractivity (Wildman–Crippen MR) is 33.4 cm³/mol. The van der Waals surface area contributed by atoms with Crippen LogP contribution >= 0.6 is 29.4 Å². The van der Waals surface area contributed by atoms with Crippen LogP contribution in [0.15, 0.2) is 12.7 Å². The molecule has 0 aliphatic heterocycles. The second kappa shape index (κ2) is 24.4. The van der Waals surface area contributed by atoms with Crippen LogP contribution in [0.1, 0.15) is 6.92 Å². The van der Waals surface area contributed by atoms with Gasteiger partial charge in [-0.25, -0.2) is 0 Å². The molecule has 0 aliphatic carbocycles. The van der Waals surface area contributed by atoms with Crippen LogP contribution in [0.3, 0.4) is 0 Å². The lowest BCUT2D eigenvalue weighted by Gasteiger charge is -1.31. The maximum atomic E-state index is 3.36. The zero-order valence-corrected chi connectivity index (χ0v) is 5.63. The van der Waals surface area contributed by atoms with E-state index < -0.39 is 0 Å². The van der Waals surface area contributed by atoms with E-state index in [4.69, 9.17) is 0 Å². The van der Waals surface area contributed by atoms with Gasteiger partial charge >= 0.3 is 0 Å². The van der Waals surface area contributed by atoms with E-state index in [0.717, 1.165) is 0 Å². The van der Waals surface area contributed by atoms with Crippen LogP contribution in [0.2, 0.25) is 0 Å². The smallest absolute Gasteiger partial charge is 0.0473 e. The lowest BCUT2D eigenvalue weighted by atomic mass is 10.8. The van der Waals surface area contributed by atoms with Gasteiger partial charge in [-0.1, -0.05) is 6.08 Å². The molecule has 0 atom stereocenters. The second-order valence-corrected chi connectivity index (χ2v) is 0.408. The molecule has 0 radical (unpaired) electrons. The quantitative estimate of drug-likeness (QED) is 0.475. The fraction of sp³-hybridized carbons (Fsp3) is 0.333. The van der Waals surface area contributed by atoms with Gasteiger partial charge in [-0.2, -0.15) is 0 Å². The molecule has 0 N–H and O–H groups in total. The third kappa shape index (κ3) is 109. The summed E-state index contributed by atoms with van der Waals surface area (Å²) in [6.45, 7) is 5.25. The molecule has 0 aromatic carbocycles. The Morgan fingerprint density at radius 1 is 1.60 bits per heavy atom. The molecular formula is C3H8BrCl. The highest BCUT2D eigenvalue weighted by Gasteiger charge is 1.15. The molecule has 0 aromatic heterocycles. The van der Waals surface area contributed by atoms with Crippen molar-refractivity contribution < 1.29 is 0 Å². The van der Waals surface area contributed by atoms with Crippen LogP contribution in [0.4, 0.5) is 0 Å². The normalized spacial score (nSPS) is 2.60. The highest BCUT2D eigenvalue weighted by atomic mass is 79.9. The average Bonchev–Trinajstić information content (AvgIpc) is 0.918. The van der Waals surface area contributed by atoms with E-state index in [1.165, 1.54) is 0 Å². The predicted octanol–water partition coefficient (Wildman–Crippen LogP) is 2.19. The maximum Gasteiger partial charge on any atom is -0.0473 e. The number of hydrogen-bond donors (Lipinski definition) is 0. The topological polar surface area (TPSA) is 0 Å². The standard InChI is InChI=1S/C3H6.BrH.ClH/c1-3-2;;/h3H,1H2,2H3;2*1H. The van der Waals surface area contributed by atoms with E-state index in [-0.39, 0.29) is 29.4 Å². The minimum absolute atomic E-state index is 0. The van der Waals surface area contributed by atoms with Gasteiger partial charge in [-0.3, -0.25) is 0 Å². The summed E-state index contributed by atoms with van der Waals surface area (Å²) in [7, 11) is 0. The zero-order chi connectivity index (χ0) is 2.71. The van der Waals surface area contributed by atoms with Crippen molar-refractivity contribution in [2.45, 2.75) is 6.92 Å². The number of allylic oxidation sites excluding steroid dienone is 1. The van der Waals surface area contributed by atoms with Crippen molar-refractivity contribution in [1.82, 2.24) is 0 Å². The monoisotopic (exact) mass is 158 g/mol. The van der Waals surface area contributed by atoms with Gasteiger partial charge < -0.3 is 0 Å². The van der Waals surface area contributed by atoms with E-state index >= 15 is 0 Å². The second-order valence-electron chi connectivity index (χ2n) is 0.408. The number of rotatable bonds is 0. The lowest BCUT2D eigenvalue weighted by molar-refractivity contribution is 1.80. The zero-order valence-electron chi connectivity index (χ0n) is 3.10. The molecule has 0 amide bonds. The molecular weight excluding hydrogens is 151 g/mol. The van der Waals surface area contributed by atoms with E-state index in [2.05, 4.69) is 6.58 Å². The molecule has 0 unspecified atom stereocenters. The molecule has 0 heterocycles. The van der Waals surface area contributed by atoms with Gasteiger partial charge in [0.2, 0.25) is 0 Å². The SMILES string of the molecule is Br.C=CC.Cl. The summed E-state index contributed by atoms with van der Waals surface area (Å²) in [5.74, 6) is 0. The van der Waals surface area contributed by atoms with Crippen LogP contribution in [-0.4, -0.2) is 0 Å². The molecule has 5 heavy (non-hydrogen) atoms. The van der Waals surface area contributed by atoms with Crippen LogP contribution in [0, 0.1) is 0 Å². The van der Waals surface area contributed by atoms with Gasteiger partial charge in [0.05, 0.1) is 0 Å². The average molecular weight is 159 g/mol. The molecule has 2 heteroatoms. The van der Waals surface area contributed by atoms with E-state index in [1.54, 1.807) is 6.08 Å². The summed E-state index contributed by atoms with van der Waals surface area (Å²) < 4.78 is 0. The van der Waals surface area contributed by atoms with E-state index in [1.807, 2.05) is 6.92 Å². The molecule has 0 spiro atoms. The van der Waals surface area contributed by atoms with Gasteiger partial charge in [-0.15, -0.1) is 36.0 Å². The van der Waals surface area contributed by atoms with Crippen molar-refractivity contribution in [2.24, 2.45) is 0 Å². The number of hydrogen-bond acceptors (Lipinski definition) is 0. The Kier molecular flexibility index (Phi) is 86.7. The molecule has 0 saturated heterocycles. The Labute approximate surface area is 49.4 Å². The van der Waals surface area contributed by atoms with Crippen molar-refractivity contribution in [1.29, 1.82) is 0 Å². The summed E-state index contributed by atoms with van der Waals surface area (Å²) in [5, 5.41) is 0. The molecule has 0 saturated carbocycles. The first-order valence-corrected chi connectivity index (χ1v) is 0.986. The van der Waals surface area contributed by atoms with Gasteiger partial charge in [0.1, 0.15) is 0 Å². The fourth-order valence-corrected chi connectivity index (χ4v) is 0. The first-order chi connectivity index (χ1) is 1.41. The third-order valence-corrected chi connectivity index (χ3v) is 0. The van der Waals surface area contributed by atoms with Crippen molar-refractivity contribution >= 4 is 29.4 Å². The molecule has 34 valence electrons. The Morgan fingerprint density at radius 3 is 1.60 bits per heavy atom. The summed E-state index contributed by atoms with van der Waals surface area (Å²) in [6, 6.07) is 0. The highest BCUT2D eigenvalue weighted by molar-refractivity contribution is 8.93. The molecule has 0 fully saturated rings. The van der Waals surface area contributed by atoms with Gasteiger partial charge in [-0.05, 0) is 6.92 Å². The van der Waals surface area contributed by atoms with Crippen molar-refractivity contribution in [3.63, 3.8) is 0 Å². The first kappa shape index (κ1) is 17.8. The molecule has 0 bridgehead atoms. The van der Waals surface area contributed by atoms with E-state index in [0.29, 0.717) is 0 Å². The highest BCUT2D eigenvalue weighted by Crippen LogP contribution is 1.38. The van der Waals surface area contributed by atoms with Crippen LogP contribution in [0.5, 0.6) is 0 Å². The van der Waals surface area contributed by atoms with Gasteiger partial charge in [0, 0.05) is 0 Å². The largest absolute Gasteiger partial charge is 0.147 e. The lowest BCUT2D eigenvalue weighted by Crippen LogP contribution is -1.07. The maximum absolute atomic E-state index is 3.36. The Bertz CT molecular complexity index is 14.4. The minimum Gasteiger partial charge on any atom is -0.147 e. The summed E-state index contributed by atoms with van der Waals surface area (Å²) in [5.41, 5.74) is 0.